The Bertz CT molecular complexity index is 956. The Morgan fingerprint density at radius 2 is 1.93 bits per heavy atom. The minimum absolute atomic E-state index is 0.0617. The molecule has 4 N–H and O–H groups in total. The first kappa shape index (κ1) is 18.5. The second kappa shape index (κ2) is 8.40. The zero-order chi connectivity index (χ0) is 19.2. The van der Waals surface area contributed by atoms with Crippen molar-refractivity contribution in [2.45, 2.75) is 26.4 Å². The summed E-state index contributed by atoms with van der Waals surface area (Å²) in [4.78, 5) is 15.7. The summed E-state index contributed by atoms with van der Waals surface area (Å²) in [5, 5.41) is 9.09. The quantitative estimate of drug-likeness (QED) is 0.462. The molecule has 2 aromatic carbocycles. The predicted octanol–water partition coefficient (Wildman–Crippen LogP) is 3.35. The van der Waals surface area contributed by atoms with Crippen molar-refractivity contribution in [2.24, 2.45) is 10.7 Å². The number of fused-ring (bicyclic) bond motifs is 1. The Hall–Kier alpha value is -3.28. The molecule has 0 fully saturated rings. The molecule has 0 saturated heterocycles. The topological polar surface area (TPSA) is 92.6 Å². The van der Waals surface area contributed by atoms with Gasteiger partial charge in [-0.2, -0.15) is 0 Å². The van der Waals surface area contributed by atoms with E-state index >= 15 is 0 Å². The van der Waals surface area contributed by atoms with Crippen molar-refractivity contribution in [3.63, 3.8) is 0 Å². The number of carbonyl (C=O) groups is 1. The molecule has 0 aliphatic heterocycles. The number of nitrogens with two attached hydrogens (primary N) is 1. The van der Waals surface area contributed by atoms with Crippen molar-refractivity contribution in [1.29, 1.82) is 0 Å². The molecular weight excluding hydrogens is 340 g/mol. The number of aliphatic imine (C=N–C) groups is 1. The van der Waals surface area contributed by atoms with Gasteiger partial charge in [0, 0.05) is 6.54 Å². The number of nitrogens with zero attached hydrogens (tertiary/aromatic N) is 1. The molecule has 3 aromatic rings. The van der Waals surface area contributed by atoms with Crippen LogP contribution in [0.4, 0.5) is 0 Å². The van der Waals surface area contributed by atoms with Crippen molar-refractivity contribution in [3.8, 4) is 0 Å². The summed E-state index contributed by atoms with van der Waals surface area (Å²) in [6, 6.07) is 17.9. The molecule has 1 atom stereocenters. The van der Waals surface area contributed by atoms with E-state index in [1.807, 2.05) is 19.1 Å². The summed E-state index contributed by atoms with van der Waals surface area (Å²) in [6.45, 7) is 5.16. The van der Waals surface area contributed by atoms with Gasteiger partial charge in [0.15, 0.2) is 11.7 Å². The Morgan fingerprint density at radius 1 is 1.15 bits per heavy atom. The van der Waals surface area contributed by atoms with Crippen LogP contribution in [0.1, 0.15) is 41.8 Å². The van der Waals surface area contributed by atoms with E-state index in [0.717, 1.165) is 6.54 Å². The molecule has 27 heavy (non-hydrogen) atoms. The average Bonchev–Trinajstić information content (AvgIpc) is 3.15. The number of primary amides is 1. The van der Waals surface area contributed by atoms with Gasteiger partial charge in [-0.3, -0.25) is 4.79 Å². The van der Waals surface area contributed by atoms with Gasteiger partial charge in [-0.25, -0.2) is 4.99 Å². The highest BCUT2D eigenvalue weighted by molar-refractivity contribution is 5.90. The van der Waals surface area contributed by atoms with Gasteiger partial charge in [0.1, 0.15) is 12.3 Å². The average molecular weight is 364 g/mol. The second-order valence-corrected chi connectivity index (χ2v) is 6.26. The molecule has 0 aliphatic carbocycles. The molecule has 6 nitrogen and oxygen atoms in total. The Labute approximate surface area is 158 Å². The number of hydrogen-bond acceptors (Lipinski definition) is 3. The number of guanidine groups is 1. The van der Waals surface area contributed by atoms with E-state index in [4.69, 9.17) is 10.2 Å². The summed E-state index contributed by atoms with van der Waals surface area (Å²) in [5.41, 5.74) is 6.41. The molecule has 0 aliphatic rings. The second-order valence-electron chi connectivity index (χ2n) is 6.26. The van der Waals surface area contributed by atoms with Crippen LogP contribution in [-0.2, 0) is 6.54 Å². The third-order valence-corrected chi connectivity index (χ3v) is 4.28. The lowest BCUT2D eigenvalue weighted by Crippen LogP contribution is -2.38. The van der Waals surface area contributed by atoms with Crippen LogP contribution < -0.4 is 16.4 Å². The van der Waals surface area contributed by atoms with E-state index in [2.05, 4.69) is 52.9 Å². The van der Waals surface area contributed by atoms with Crippen molar-refractivity contribution in [2.75, 3.05) is 6.54 Å². The van der Waals surface area contributed by atoms with Crippen LogP contribution in [0.2, 0.25) is 0 Å². The molecular formula is C21H24N4O2. The van der Waals surface area contributed by atoms with Gasteiger partial charge in [0.2, 0.25) is 0 Å². The maximum absolute atomic E-state index is 11.1. The number of furan rings is 1. The fourth-order valence-electron chi connectivity index (χ4n) is 2.98. The molecule has 0 spiro atoms. The van der Waals surface area contributed by atoms with E-state index < -0.39 is 5.91 Å². The van der Waals surface area contributed by atoms with E-state index in [0.29, 0.717) is 18.3 Å². The lowest BCUT2D eigenvalue weighted by atomic mass is 10.00. The summed E-state index contributed by atoms with van der Waals surface area (Å²) in [5.74, 6) is 0.816. The third kappa shape index (κ3) is 4.47. The molecule has 1 unspecified atom stereocenters. The Kier molecular flexibility index (Phi) is 5.76. The maximum Gasteiger partial charge on any atom is 0.284 e. The van der Waals surface area contributed by atoms with Gasteiger partial charge in [-0.1, -0.05) is 42.5 Å². The number of benzene rings is 2. The molecule has 3 rings (SSSR count). The smallest absolute Gasteiger partial charge is 0.284 e. The number of amides is 1. The van der Waals surface area contributed by atoms with Gasteiger partial charge in [0.05, 0.1) is 6.04 Å². The molecule has 1 heterocycles. The highest BCUT2D eigenvalue weighted by atomic mass is 16.3. The summed E-state index contributed by atoms with van der Waals surface area (Å²) in [7, 11) is 0. The normalized spacial score (nSPS) is 12.7. The Balaban J connectivity index is 1.77. The van der Waals surface area contributed by atoms with Crippen LogP contribution in [0.15, 0.2) is 64.0 Å². The monoisotopic (exact) mass is 364 g/mol. The van der Waals surface area contributed by atoms with E-state index in [9.17, 15) is 4.79 Å². The molecule has 0 saturated carbocycles. The minimum Gasteiger partial charge on any atom is -0.454 e. The maximum atomic E-state index is 11.1. The lowest BCUT2D eigenvalue weighted by molar-refractivity contribution is 0.0972. The Morgan fingerprint density at radius 3 is 2.67 bits per heavy atom. The molecule has 1 aromatic heterocycles. The predicted molar refractivity (Wildman–Crippen MR) is 108 cm³/mol. The van der Waals surface area contributed by atoms with Crippen LogP contribution >= 0.6 is 0 Å². The number of carbonyl (C=O) groups excluding carboxylic acids is 1. The third-order valence-electron chi connectivity index (χ3n) is 4.28. The number of hydrogen-bond donors (Lipinski definition) is 3. The van der Waals surface area contributed by atoms with Crippen LogP contribution in [-0.4, -0.2) is 18.4 Å². The fraction of sp³-hybridized carbons (Fsp3) is 0.238. The summed E-state index contributed by atoms with van der Waals surface area (Å²) < 4.78 is 5.38. The van der Waals surface area contributed by atoms with E-state index in [1.54, 1.807) is 12.1 Å². The first-order valence-electron chi connectivity index (χ1n) is 8.99. The van der Waals surface area contributed by atoms with Crippen molar-refractivity contribution in [3.05, 3.63) is 71.7 Å². The van der Waals surface area contributed by atoms with Crippen molar-refractivity contribution < 1.29 is 9.21 Å². The summed E-state index contributed by atoms with van der Waals surface area (Å²) in [6.07, 6.45) is 0. The molecule has 6 heteroatoms. The SMILES string of the molecule is CCNC(=NCc1ccc(C(N)=O)o1)NC(C)c1cccc2ccccc12. The first-order valence-corrected chi connectivity index (χ1v) is 8.99. The zero-order valence-corrected chi connectivity index (χ0v) is 15.5. The van der Waals surface area contributed by atoms with Gasteiger partial charge < -0.3 is 20.8 Å². The highest BCUT2D eigenvalue weighted by Crippen LogP contribution is 2.24. The largest absolute Gasteiger partial charge is 0.454 e. The van der Waals surface area contributed by atoms with E-state index in [-0.39, 0.29) is 11.8 Å². The first-order chi connectivity index (χ1) is 13.1. The van der Waals surface area contributed by atoms with Gasteiger partial charge in [-0.05, 0) is 42.3 Å². The van der Waals surface area contributed by atoms with Crippen LogP contribution in [0.3, 0.4) is 0 Å². The van der Waals surface area contributed by atoms with Crippen molar-refractivity contribution in [1.82, 2.24) is 10.6 Å². The van der Waals surface area contributed by atoms with Gasteiger partial charge in [0.25, 0.3) is 5.91 Å². The van der Waals surface area contributed by atoms with Crippen LogP contribution in [0, 0.1) is 0 Å². The molecule has 1 amide bonds. The minimum atomic E-state index is -0.583. The molecule has 0 bridgehead atoms. The summed E-state index contributed by atoms with van der Waals surface area (Å²) >= 11 is 0. The standard InChI is InChI=1S/C21H24N4O2/c1-3-23-21(24-13-16-11-12-19(27-16)20(22)26)25-14(2)17-10-6-8-15-7-4-5-9-18(15)17/h4-12,14H,3,13H2,1-2H3,(H2,22,26)(H2,23,24,25). The number of rotatable bonds is 6. The fourth-order valence-corrected chi connectivity index (χ4v) is 2.98. The molecule has 140 valence electrons. The van der Waals surface area contributed by atoms with Gasteiger partial charge in [-0.15, -0.1) is 0 Å². The van der Waals surface area contributed by atoms with E-state index in [1.165, 1.54) is 16.3 Å². The van der Waals surface area contributed by atoms with Crippen LogP contribution in [0.5, 0.6) is 0 Å². The molecule has 0 radical (unpaired) electrons. The van der Waals surface area contributed by atoms with Crippen molar-refractivity contribution >= 4 is 22.6 Å². The number of nitrogens with one attached hydrogen (secondary N) is 2. The van der Waals surface area contributed by atoms with Crippen LogP contribution in [0.25, 0.3) is 10.8 Å². The zero-order valence-electron chi connectivity index (χ0n) is 15.5. The lowest BCUT2D eigenvalue weighted by Gasteiger charge is -2.19. The van der Waals surface area contributed by atoms with Gasteiger partial charge >= 0.3 is 0 Å². The highest BCUT2D eigenvalue weighted by Gasteiger charge is 2.12.